The van der Waals surface area contributed by atoms with Crippen molar-refractivity contribution in [3.63, 3.8) is 0 Å². The second kappa shape index (κ2) is 7.04. The van der Waals surface area contributed by atoms with Crippen molar-refractivity contribution in [2.45, 2.75) is 13.8 Å². The van der Waals surface area contributed by atoms with Crippen molar-refractivity contribution in [1.82, 2.24) is 10.1 Å². The van der Waals surface area contributed by atoms with Crippen molar-refractivity contribution in [2.24, 2.45) is 4.99 Å². The number of nitrogens with zero attached hydrogens (tertiary/aromatic N) is 3. The summed E-state index contributed by atoms with van der Waals surface area (Å²) >= 11 is 0. The van der Waals surface area contributed by atoms with Gasteiger partial charge in [-0.1, -0.05) is 53.2 Å². The van der Waals surface area contributed by atoms with Crippen LogP contribution < -0.4 is 0 Å². The summed E-state index contributed by atoms with van der Waals surface area (Å²) in [6.07, 6.45) is 3.62. The van der Waals surface area contributed by atoms with E-state index in [9.17, 15) is 0 Å². The normalized spacial score (nSPS) is 12.0. The van der Waals surface area contributed by atoms with Gasteiger partial charge in [0.15, 0.2) is 0 Å². The second-order valence-corrected chi connectivity index (χ2v) is 5.50. The number of hydrogen-bond acceptors (Lipinski definition) is 4. The predicted octanol–water partition coefficient (Wildman–Crippen LogP) is 4.82. The van der Waals surface area contributed by atoms with Crippen LogP contribution in [0.1, 0.15) is 18.3 Å². The average Bonchev–Trinajstić information content (AvgIpc) is 3.10. The maximum atomic E-state index is 5.38. The maximum Gasteiger partial charge on any atom is 0.258 e. The van der Waals surface area contributed by atoms with Gasteiger partial charge in [0.25, 0.3) is 5.89 Å². The first-order valence-corrected chi connectivity index (χ1v) is 7.81. The van der Waals surface area contributed by atoms with Crippen molar-refractivity contribution >= 4 is 11.8 Å². The van der Waals surface area contributed by atoms with E-state index in [-0.39, 0.29) is 0 Å². The Balaban J connectivity index is 1.86. The first-order chi connectivity index (χ1) is 11.7. The van der Waals surface area contributed by atoms with Gasteiger partial charge < -0.3 is 4.52 Å². The molecule has 0 aliphatic carbocycles. The van der Waals surface area contributed by atoms with Crippen LogP contribution >= 0.6 is 0 Å². The lowest BCUT2D eigenvalue weighted by atomic mass is 10.0. The molecule has 3 aromatic rings. The molecule has 0 aliphatic heterocycles. The molecule has 120 valence electrons. The molecular weight excluding hydrogens is 298 g/mol. The van der Waals surface area contributed by atoms with Crippen LogP contribution in [0.25, 0.3) is 28.2 Å². The van der Waals surface area contributed by atoms with Gasteiger partial charge in [-0.2, -0.15) is 4.98 Å². The molecule has 0 aliphatic rings. The highest BCUT2D eigenvalue weighted by Crippen LogP contribution is 2.25. The van der Waals surface area contributed by atoms with Crippen LogP contribution in [0.2, 0.25) is 0 Å². The third-order valence-corrected chi connectivity index (χ3v) is 3.78. The highest BCUT2D eigenvalue weighted by atomic mass is 16.5. The van der Waals surface area contributed by atoms with Crippen molar-refractivity contribution in [2.75, 3.05) is 7.05 Å². The molecule has 0 amide bonds. The lowest BCUT2D eigenvalue weighted by Gasteiger charge is -2.03. The number of aliphatic imine (C=N–C) groups is 1. The molecule has 24 heavy (non-hydrogen) atoms. The molecule has 2 aromatic carbocycles. The van der Waals surface area contributed by atoms with Crippen LogP contribution in [0.15, 0.2) is 64.1 Å². The molecule has 1 heterocycles. The Morgan fingerprint density at radius 2 is 1.54 bits per heavy atom. The minimum absolute atomic E-state index is 0.504. The van der Waals surface area contributed by atoms with Gasteiger partial charge in [0.2, 0.25) is 5.82 Å². The summed E-state index contributed by atoms with van der Waals surface area (Å²) in [4.78, 5) is 8.45. The van der Waals surface area contributed by atoms with E-state index in [4.69, 9.17) is 4.52 Å². The Bertz CT molecular complexity index is 872. The smallest absolute Gasteiger partial charge is 0.258 e. The number of aryl methyl sites for hydroxylation is 1. The summed E-state index contributed by atoms with van der Waals surface area (Å²) in [7, 11) is 1.72. The maximum absolute atomic E-state index is 5.38. The molecule has 0 bridgehead atoms. The van der Waals surface area contributed by atoms with E-state index in [1.165, 1.54) is 11.1 Å². The molecule has 0 radical (unpaired) electrons. The third-order valence-electron chi connectivity index (χ3n) is 3.78. The minimum atomic E-state index is 0.504. The van der Waals surface area contributed by atoms with Gasteiger partial charge in [-0.15, -0.1) is 0 Å². The molecule has 0 saturated heterocycles. The Kier molecular flexibility index (Phi) is 4.66. The first-order valence-electron chi connectivity index (χ1n) is 7.81. The zero-order valence-corrected chi connectivity index (χ0v) is 14.0. The quantitative estimate of drug-likeness (QED) is 0.648. The number of aromatic nitrogens is 2. The van der Waals surface area contributed by atoms with E-state index >= 15 is 0 Å². The Morgan fingerprint density at radius 1 is 0.958 bits per heavy atom. The van der Waals surface area contributed by atoms with Gasteiger partial charge in [0, 0.05) is 24.4 Å². The minimum Gasteiger partial charge on any atom is -0.334 e. The van der Waals surface area contributed by atoms with Gasteiger partial charge in [-0.05, 0) is 37.1 Å². The fourth-order valence-corrected chi connectivity index (χ4v) is 2.41. The molecular formula is C20H19N3O. The molecule has 0 saturated carbocycles. The van der Waals surface area contributed by atoms with E-state index in [2.05, 4.69) is 58.5 Å². The Labute approximate surface area is 141 Å². The molecule has 0 spiro atoms. The number of benzene rings is 2. The summed E-state index contributed by atoms with van der Waals surface area (Å²) in [6.45, 7) is 4.01. The van der Waals surface area contributed by atoms with Crippen LogP contribution in [0.3, 0.4) is 0 Å². The van der Waals surface area contributed by atoms with Crippen LogP contribution in [-0.2, 0) is 0 Å². The number of rotatable bonds is 4. The van der Waals surface area contributed by atoms with E-state index < -0.39 is 0 Å². The summed E-state index contributed by atoms with van der Waals surface area (Å²) in [5.41, 5.74) is 5.33. The molecule has 4 nitrogen and oxygen atoms in total. The third kappa shape index (κ3) is 3.33. The van der Waals surface area contributed by atoms with E-state index in [1.54, 1.807) is 13.3 Å². The summed E-state index contributed by atoms with van der Waals surface area (Å²) < 4.78 is 5.38. The first kappa shape index (κ1) is 15.9. The fourth-order valence-electron chi connectivity index (χ4n) is 2.41. The highest BCUT2D eigenvalue weighted by molar-refractivity contribution is 6.08. The average molecular weight is 317 g/mol. The van der Waals surface area contributed by atoms with Crippen LogP contribution in [0.4, 0.5) is 0 Å². The number of allylic oxidation sites excluding steroid dienone is 2. The fraction of sp³-hybridized carbons (Fsp3) is 0.150. The predicted molar refractivity (Wildman–Crippen MR) is 98.0 cm³/mol. The molecule has 4 heteroatoms. The zero-order valence-electron chi connectivity index (χ0n) is 14.0. The van der Waals surface area contributed by atoms with Crippen LogP contribution in [0, 0.1) is 6.92 Å². The van der Waals surface area contributed by atoms with E-state index in [0.29, 0.717) is 11.7 Å². The summed E-state index contributed by atoms with van der Waals surface area (Å²) in [5.74, 6) is 1.05. The van der Waals surface area contributed by atoms with Crippen LogP contribution in [0.5, 0.6) is 0 Å². The standard InChI is InChI=1S/C20H19N3O/c1-4-15(13-21-3)19-22-20(24-23-19)18-11-9-17(10-12-18)16-7-5-14(2)6-8-16/h4-13H,1-3H3. The van der Waals surface area contributed by atoms with Crippen molar-refractivity contribution in [1.29, 1.82) is 0 Å². The molecule has 0 atom stereocenters. The zero-order chi connectivity index (χ0) is 16.9. The lowest BCUT2D eigenvalue weighted by molar-refractivity contribution is 0.428. The summed E-state index contributed by atoms with van der Waals surface area (Å²) in [6, 6.07) is 16.6. The monoisotopic (exact) mass is 317 g/mol. The van der Waals surface area contributed by atoms with Gasteiger partial charge >= 0.3 is 0 Å². The van der Waals surface area contributed by atoms with Gasteiger partial charge in [0.1, 0.15) is 0 Å². The topological polar surface area (TPSA) is 51.3 Å². The lowest BCUT2D eigenvalue weighted by Crippen LogP contribution is -1.88. The number of hydrogen-bond donors (Lipinski definition) is 0. The van der Waals surface area contributed by atoms with Crippen molar-refractivity contribution < 1.29 is 4.52 Å². The van der Waals surface area contributed by atoms with Crippen LogP contribution in [-0.4, -0.2) is 23.4 Å². The van der Waals surface area contributed by atoms with Gasteiger partial charge in [-0.25, -0.2) is 0 Å². The molecule has 3 rings (SSSR count). The molecule has 0 fully saturated rings. The molecule has 1 aromatic heterocycles. The Morgan fingerprint density at radius 3 is 2.12 bits per heavy atom. The van der Waals surface area contributed by atoms with Crippen molar-refractivity contribution in [3.8, 4) is 22.6 Å². The van der Waals surface area contributed by atoms with Crippen molar-refractivity contribution in [3.05, 3.63) is 66.0 Å². The SMILES string of the molecule is CC=C(C=NC)c1noc(-c2ccc(-c3ccc(C)cc3)cc2)n1. The molecule has 0 unspecified atom stereocenters. The highest BCUT2D eigenvalue weighted by Gasteiger charge is 2.11. The Hall–Kier alpha value is -3.01. The van der Waals surface area contributed by atoms with E-state index in [1.807, 2.05) is 25.1 Å². The van der Waals surface area contributed by atoms with E-state index in [0.717, 1.165) is 16.7 Å². The van der Waals surface area contributed by atoms with Gasteiger partial charge in [0.05, 0.1) is 0 Å². The summed E-state index contributed by atoms with van der Waals surface area (Å²) in [5, 5.41) is 4.03. The van der Waals surface area contributed by atoms with Gasteiger partial charge in [-0.3, -0.25) is 4.99 Å². The molecule has 0 N–H and O–H groups in total. The second-order valence-electron chi connectivity index (χ2n) is 5.50. The largest absolute Gasteiger partial charge is 0.334 e.